The molecule has 1 saturated carbocycles. The molecule has 2 N–H and O–H groups in total. The van der Waals surface area contributed by atoms with Crippen molar-refractivity contribution in [3.05, 3.63) is 36.0 Å². The van der Waals surface area contributed by atoms with E-state index in [-0.39, 0.29) is 24.3 Å². The number of aryl methyl sites for hydroxylation is 1. The summed E-state index contributed by atoms with van der Waals surface area (Å²) in [6.45, 7) is 1.63. The van der Waals surface area contributed by atoms with Gasteiger partial charge in [-0.3, -0.25) is 9.59 Å². The van der Waals surface area contributed by atoms with Gasteiger partial charge in [0.25, 0.3) is 5.91 Å². The molecule has 5 heteroatoms. The number of H-pyrrole nitrogens is 1. The lowest BCUT2D eigenvalue weighted by molar-refractivity contribution is -0.155. The second-order valence-electron chi connectivity index (χ2n) is 6.48. The fraction of sp³-hybridized carbons (Fsp3) is 0.474. The monoisotopic (exact) mass is 328 g/mol. The van der Waals surface area contributed by atoms with Gasteiger partial charge in [0.05, 0.1) is 0 Å². The van der Waals surface area contributed by atoms with Crippen molar-refractivity contribution in [2.45, 2.75) is 57.6 Å². The fourth-order valence-electron chi connectivity index (χ4n) is 3.27. The van der Waals surface area contributed by atoms with Gasteiger partial charge in [-0.05, 0) is 37.8 Å². The highest BCUT2D eigenvalue weighted by Crippen LogP contribution is 2.20. The number of nitrogens with one attached hydrogen (secondary N) is 2. The molecule has 2 aromatic rings. The molecule has 1 aromatic carbocycles. The molecular formula is C19H24N2O3. The lowest BCUT2D eigenvalue weighted by Gasteiger charge is -2.17. The van der Waals surface area contributed by atoms with Crippen LogP contribution in [0.1, 0.15) is 44.6 Å². The number of hydrogen-bond donors (Lipinski definition) is 2. The smallest absolute Gasteiger partial charge is 0.306 e. The van der Waals surface area contributed by atoms with Gasteiger partial charge >= 0.3 is 5.97 Å². The number of benzene rings is 1. The molecule has 0 aliphatic heterocycles. The highest BCUT2D eigenvalue weighted by molar-refractivity contribution is 5.85. The Morgan fingerprint density at radius 1 is 1.29 bits per heavy atom. The highest BCUT2D eigenvalue weighted by Gasteiger charge is 2.23. The van der Waals surface area contributed by atoms with Crippen LogP contribution in [-0.4, -0.2) is 29.0 Å². The van der Waals surface area contributed by atoms with Gasteiger partial charge in [-0.25, -0.2) is 0 Å². The lowest BCUT2D eigenvalue weighted by Crippen LogP contribution is -2.40. The lowest BCUT2D eigenvalue weighted by atomic mass is 10.1. The molecule has 1 atom stereocenters. The van der Waals surface area contributed by atoms with E-state index in [0.717, 1.165) is 42.1 Å². The van der Waals surface area contributed by atoms with Crippen LogP contribution in [0.25, 0.3) is 10.9 Å². The minimum Gasteiger partial charge on any atom is -0.453 e. The van der Waals surface area contributed by atoms with E-state index in [1.54, 1.807) is 6.92 Å². The van der Waals surface area contributed by atoms with Crippen molar-refractivity contribution in [3.8, 4) is 0 Å². The first-order valence-electron chi connectivity index (χ1n) is 8.68. The summed E-state index contributed by atoms with van der Waals surface area (Å²) in [4.78, 5) is 27.3. The Morgan fingerprint density at radius 3 is 2.83 bits per heavy atom. The zero-order chi connectivity index (χ0) is 16.9. The second kappa shape index (κ2) is 7.51. The van der Waals surface area contributed by atoms with Gasteiger partial charge in [-0.1, -0.05) is 31.0 Å². The second-order valence-corrected chi connectivity index (χ2v) is 6.48. The molecule has 0 radical (unpaired) electrons. The standard InChI is InChI=1S/C19H24N2O3/c1-13(19(23)21-15-6-2-3-7-15)24-18(22)11-10-14-12-20-17-9-5-4-8-16(14)17/h4-5,8-9,12-13,15,20H,2-3,6-7,10-11H2,1H3,(H,21,23)/t13-/m1/s1. The molecule has 0 spiro atoms. The largest absolute Gasteiger partial charge is 0.453 e. The fourth-order valence-corrected chi connectivity index (χ4v) is 3.27. The number of fused-ring (bicyclic) bond motifs is 1. The molecule has 1 aromatic heterocycles. The number of aromatic nitrogens is 1. The number of hydrogen-bond acceptors (Lipinski definition) is 3. The van der Waals surface area contributed by atoms with Crippen LogP contribution >= 0.6 is 0 Å². The van der Waals surface area contributed by atoms with Crippen LogP contribution in [0.5, 0.6) is 0 Å². The van der Waals surface area contributed by atoms with Crippen LogP contribution in [0.3, 0.4) is 0 Å². The van der Waals surface area contributed by atoms with Crippen molar-refractivity contribution < 1.29 is 14.3 Å². The van der Waals surface area contributed by atoms with Gasteiger partial charge in [0.1, 0.15) is 0 Å². The average Bonchev–Trinajstić information content (AvgIpc) is 3.22. The summed E-state index contributed by atoms with van der Waals surface area (Å²) >= 11 is 0. The van der Waals surface area contributed by atoms with Crippen molar-refractivity contribution in [2.75, 3.05) is 0 Å². The van der Waals surface area contributed by atoms with Crippen LogP contribution in [0, 0.1) is 0 Å². The van der Waals surface area contributed by atoms with Gasteiger partial charge < -0.3 is 15.0 Å². The first kappa shape index (κ1) is 16.6. The summed E-state index contributed by atoms with van der Waals surface area (Å²) in [7, 11) is 0. The van der Waals surface area contributed by atoms with E-state index < -0.39 is 6.10 Å². The number of carbonyl (C=O) groups is 2. The average molecular weight is 328 g/mol. The zero-order valence-electron chi connectivity index (χ0n) is 14.0. The van der Waals surface area contributed by atoms with Crippen LogP contribution in [0.15, 0.2) is 30.5 Å². The SMILES string of the molecule is C[C@@H](OC(=O)CCc1c[nH]c2ccccc12)C(=O)NC1CCCC1. The number of ether oxygens (including phenoxy) is 1. The number of amides is 1. The summed E-state index contributed by atoms with van der Waals surface area (Å²) in [6.07, 6.45) is 6.41. The highest BCUT2D eigenvalue weighted by atomic mass is 16.5. The Morgan fingerprint density at radius 2 is 2.04 bits per heavy atom. The van der Waals surface area contributed by atoms with E-state index in [1.165, 1.54) is 0 Å². The minimum absolute atomic E-state index is 0.192. The first-order chi connectivity index (χ1) is 11.6. The Labute approximate surface area is 141 Å². The van der Waals surface area contributed by atoms with Crippen molar-refractivity contribution in [2.24, 2.45) is 0 Å². The number of carbonyl (C=O) groups excluding carboxylic acids is 2. The number of para-hydroxylation sites is 1. The molecular weight excluding hydrogens is 304 g/mol. The molecule has 5 nitrogen and oxygen atoms in total. The Balaban J connectivity index is 1.47. The van der Waals surface area contributed by atoms with E-state index in [4.69, 9.17) is 4.74 Å². The summed E-state index contributed by atoms with van der Waals surface area (Å²) in [5.41, 5.74) is 2.15. The maximum Gasteiger partial charge on any atom is 0.306 e. The summed E-state index contributed by atoms with van der Waals surface area (Å²) < 4.78 is 5.27. The summed E-state index contributed by atoms with van der Waals surface area (Å²) in [6, 6.07) is 8.23. The summed E-state index contributed by atoms with van der Waals surface area (Å²) in [5.74, 6) is -0.531. The maximum atomic E-state index is 12.0. The zero-order valence-corrected chi connectivity index (χ0v) is 14.0. The molecule has 1 heterocycles. The molecule has 24 heavy (non-hydrogen) atoms. The topological polar surface area (TPSA) is 71.2 Å². The normalized spacial score (nSPS) is 16.2. The van der Waals surface area contributed by atoms with E-state index in [1.807, 2.05) is 30.5 Å². The van der Waals surface area contributed by atoms with Crippen LogP contribution in [-0.2, 0) is 20.7 Å². The van der Waals surface area contributed by atoms with Crippen LogP contribution in [0.2, 0.25) is 0 Å². The Bertz CT molecular complexity index is 716. The molecule has 128 valence electrons. The van der Waals surface area contributed by atoms with Gasteiger partial charge in [0, 0.05) is 29.6 Å². The molecule has 0 unspecified atom stereocenters. The third-order valence-electron chi connectivity index (χ3n) is 4.65. The van der Waals surface area contributed by atoms with Gasteiger partial charge in [-0.15, -0.1) is 0 Å². The van der Waals surface area contributed by atoms with Gasteiger partial charge in [0.2, 0.25) is 0 Å². The van der Waals surface area contributed by atoms with E-state index in [0.29, 0.717) is 6.42 Å². The molecule has 1 aliphatic rings. The maximum absolute atomic E-state index is 12.0. The van der Waals surface area contributed by atoms with E-state index in [9.17, 15) is 9.59 Å². The van der Waals surface area contributed by atoms with Crippen molar-refractivity contribution >= 4 is 22.8 Å². The van der Waals surface area contributed by atoms with Crippen LogP contribution < -0.4 is 5.32 Å². The van der Waals surface area contributed by atoms with Gasteiger partial charge in [-0.2, -0.15) is 0 Å². The minimum atomic E-state index is -0.735. The van der Waals surface area contributed by atoms with Crippen molar-refractivity contribution in [1.82, 2.24) is 10.3 Å². The summed E-state index contributed by atoms with van der Waals surface area (Å²) in [5, 5.41) is 4.08. The predicted molar refractivity (Wildman–Crippen MR) is 92.6 cm³/mol. The quantitative estimate of drug-likeness (QED) is 0.801. The number of esters is 1. The number of rotatable bonds is 6. The van der Waals surface area contributed by atoms with Crippen molar-refractivity contribution in [1.29, 1.82) is 0 Å². The molecule has 1 amide bonds. The molecule has 1 fully saturated rings. The third kappa shape index (κ3) is 3.96. The van der Waals surface area contributed by atoms with Gasteiger partial charge in [0.15, 0.2) is 6.10 Å². The Kier molecular flexibility index (Phi) is 5.18. The molecule has 3 rings (SSSR count). The molecule has 0 saturated heterocycles. The third-order valence-corrected chi connectivity index (χ3v) is 4.65. The molecule has 1 aliphatic carbocycles. The number of aromatic amines is 1. The first-order valence-corrected chi connectivity index (χ1v) is 8.68. The van der Waals surface area contributed by atoms with Crippen LogP contribution in [0.4, 0.5) is 0 Å². The van der Waals surface area contributed by atoms with E-state index >= 15 is 0 Å². The predicted octanol–water partition coefficient (Wildman–Crippen LogP) is 3.09. The van der Waals surface area contributed by atoms with Crippen molar-refractivity contribution in [3.63, 3.8) is 0 Å². The van der Waals surface area contributed by atoms with E-state index in [2.05, 4.69) is 10.3 Å². The molecule has 0 bridgehead atoms. The Hall–Kier alpha value is -2.30.